The van der Waals surface area contributed by atoms with Crippen LogP contribution in [-0.4, -0.2) is 11.6 Å². The second-order valence-corrected chi connectivity index (χ2v) is 5.01. The molecule has 0 aliphatic heterocycles. The monoisotopic (exact) mass is 166 g/mol. The van der Waals surface area contributed by atoms with Crippen molar-refractivity contribution in [1.29, 1.82) is 0 Å². The third-order valence-electron chi connectivity index (χ3n) is 3.61. The van der Waals surface area contributed by atoms with E-state index in [9.17, 15) is 9.59 Å². The van der Waals surface area contributed by atoms with Crippen LogP contribution in [0.4, 0.5) is 0 Å². The Balaban J connectivity index is 2.49. The maximum atomic E-state index is 11.8. The second-order valence-electron chi connectivity index (χ2n) is 5.01. The number of carbonyl (C=O) groups excluding carboxylic acids is 2. The molecule has 0 saturated heterocycles. The number of hydrogen-bond donors (Lipinski definition) is 0. The van der Waals surface area contributed by atoms with E-state index in [0.717, 1.165) is 6.42 Å². The lowest BCUT2D eigenvalue weighted by atomic mass is 9.71. The van der Waals surface area contributed by atoms with Crippen LogP contribution in [0.25, 0.3) is 0 Å². The van der Waals surface area contributed by atoms with Gasteiger partial charge in [-0.25, -0.2) is 0 Å². The third kappa shape index (κ3) is 0.661. The van der Waals surface area contributed by atoms with Gasteiger partial charge in [-0.15, -0.1) is 0 Å². The number of hydrogen-bond acceptors (Lipinski definition) is 2. The highest BCUT2D eigenvalue weighted by molar-refractivity contribution is 6.06. The maximum absolute atomic E-state index is 11.8. The van der Waals surface area contributed by atoms with Gasteiger partial charge >= 0.3 is 0 Å². The van der Waals surface area contributed by atoms with E-state index in [4.69, 9.17) is 0 Å². The molecule has 2 heteroatoms. The predicted octanol–water partition coefficient (Wildman–Crippen LogP) is 1.58. The van der Waals surface area contributed by atoms with Crippen LogP contribution >= 0.6 is 0 Å². The number of carbonyl (C=O) groups is 2. The molecular formula is C10H14O2. The van der Waals surface area contributed by atoms with Crippen molar-refractivity contribution in [3.8, 4) is 0 Å². The van der Waals surface area contributed by atoms with Crippen molar-refractivity contribution in [1.82, 2.24) is 0 Å². The van der Waals surface area contributed by atoms with Crippen LogP contribution in [0.2, 0.25) is 0 Å². The van der Waals surface area contributed by atoms with Gasteiger partial charge in [-0.3, -0.25) is 9.59 Å². The van der Waals surface area contributed by atoms with Gasteiger partial charge in [-0.2, -0.15) is 0 Å². The third-order valence-corrected chi connectivity index (χ3v) is 3.61. The molecule has 2 aliphatic rings. The van der Waals surface area contributed by atoms with Crippen LogP contribution in [-0.2, 0) is 9.59 Å². The maximum Gasteiger partial charge on any atom is 0.145 e. The van der Waals surface area contributed by atoms with E-state index in [1.165, 1.54) is 0 Å². The highest BCUT2D eigenvalue weighted by Crippen LogP contribution is 2.57. The summed E-state index contributed by atoms with van der Waals surface area (Å²) in [6.45, 7) is 5.74. The van der Waals surface area contributed by atoms with Gasteiger partial charge in [0.25, 0.3) is 0 Å². The first-order valence-electron chi connectivity index (χ1n) is 4.45. The van der Waals surface area contributed by atoms with Crippen LogP contribution in [0.3, 0.4) is 0 Å². The topological polar surface area (TPSA) is 34.1 Å². The summed E-state index contributed by atoms with van der Waals surface area (Å²) in [5.41, 5.74) is -0.699. The number of rotatable bonds is 0. The fourth-order valence-corrected chi connectivity index (χ4v) is 2.91. The standard InChI is InChI=1S/C10H14O2/c1-9(2)6-4-10(3,8(9)12)5-7(6)11/h6H,4-5H2,1-3H3/t6-,10+/m0/s1. The molecular weight excluding hydrogens is 152 g/mol. The Bertz CT molecular complexity index is 271. The van der Waals surface area contributed by atoms with E-state index < -0.39 is 0 Å². The minimum atomic E-state index is -0.385. The largest absolute Gasteiger partial charge is 0.299 e. The molecule has 2 saturated carbocycles. The summed E-state index contributed by atoms with van der Waals surface area (Å²) in [5, 5.41) is 0. The quantitative estimate of drug-likeness (QED) is 0.547. The zero-order valence-corrected chi connectivity index (χ0v) is 7.81. The Morgan fingerprint density at radius 3 is 2.17 bits per heavy atom. The lowest BCUT2D eigenvalue weighted by Gasteiger charge is -2.30. The molecule has 2 nitrogen and oxygen atoms in total. The fraction of sp³-hybridized carbons (Fsp3) is 0.800. The minimum absolute atomic E-state index is 0.00926. The molecule has 12 heavy (non-hydrogen) atoms. The Morgan fingerprint density at radius 1 is 1.25 bits per heavy atom. The summed E-state index contributed by atoms with van der Waals surface area (Å²) in [4.78, 5) is 23.3. The highest BCUT2D eigenvalue weighted by atomic mass is 16.1. The van der Waals surface area contributed by atoms with Crippen molar-refractivity contribution in [3.05, 3.63) is 0 Å². The fourth-order valence-electron chi connectivity index (χ4n) is 2.91. The van der Waals surface area contributed by atoms with Crippen LogP contribution in [0, 0.1) is 16.7 Å². The van der Waals surface area contributed by atoms with E-state index in [1.54, 1.807) is 0 Å². The van der Waals surface area contributed by atoms with Crippen molar-refractivity contribution >= 4 is 11.6 Å². The molecule has 0 aromatic rings. The normalized spacial score (nSPS) is 44.1. The molecule has 0 heterocycles. The average Bonchev–Trinajstić information content (AvgIpc) is 2.32. The summed E-state index contributed by atoms with van der Waals surface area (Å²) in [7, 11) is 0. The molecule has 2 atom stereocenters. The van der Waals surface area contributed by atoms with Gasteiger partial charge in [0.15, 0.2) is 0 Å². The van der Waals surface area contributed by atoms with Gasteiger partial charge in [0, 0.05) is 23.2 Å². The molecule has 0 N–H and O–H groups in total. The Morgan fingerprint density at radius 2 is 1.83 bits per heavy atom. The summed E-state index contributed by atoms with van der Waals surface area (Å²) in [6.07, 6.45) is 1.28. The first kappa shape index (κ1) is 7.96. The number of ketones is 2. The summed E-state index contributed by atoms with van der Waals surface area (Å²) < 4.78 is 0. The zero-order valence-electron chi connectivity index (χ0n) is 7.81. The van der Waals surface area contributed by atoms with E-state index in [-0.39, 0.29) is 16.7 Å². The van der Waals surface area contributed by atoms with Gasteiger partial charge in [0.1, 0.15) is 11.6 Å². The molecule has 0 aromatic heterocycles. The van der Waals surface area contributed by atoms with Crippen LogP contribution in [0.15, 0.2) is 0 Å². The first-order chi connectivity index (χ1) is 5.38. The zero-order chi connectivity index (χ0) is 9.15. The molecule has 0 aromatic carbocycles. The Labute approximate surface area is 72.3 Å². The highest BCUT2D eigenvalue weighted by Gasteiger charge is 2.63. The lowest BCUT2D eigenvalue weighted by Crippen LogP contribution is -2.39. The van der Waals surface area contributed by atoms with Crippen LogP contribution < -0.4 is 0 Å². The van der Waals surface area contributed by atoms with Crippen LogP contribution in [0.1, 0.15) is 33.6 Å². The van der Waals surface area contributed by atoms with Crippen molar-refractivity contribution in [2.24, 2.45) is 16.7 Å². The van der Waals surface area contributed by atoms with Crippen molar-refractivity contribution < 1.29 is 9.59 Å². The summed E-state index contributed by atoms with van der Waals surface area (Å²) in [5.74, 6) is 0.594. The van der Waals surface area contributed by atoms with Crippen molar-refractivity contribution in [2.75, 3.05) is 0 Å². The molecule has 0 spiro atoms. The van der Waals surface area contributed by atoms with E-state index in [2.05, 4.69) is 0 Å². The second kappa shape index (κ2) is 1.81. The average molecular weight is 166 g/mol. The Kier molecular flexibility index (Phi) is 1.20. The van der Waals surface area contributed by atoms with E-state index >= 15 is 0 Å². The first-order valence-corrected chi connectivity index (χ1v) is 4.45. The van der Waals surface area contributed by atoms with Gasteiger partial charge < -0.3 is 0 Å². The van der Waals surface area contributed by atoms with Gasteiger partial charge in [0.05, 0.1) is 0 Å². The molecule has 0 amide bonds. The SMILES string of the molecule is CC1(C)C(=O)[C@@]2(C)CC(=O)[C@@H]1C2. The van der Waals surface area contributed by atoms with Gasteiger partial charge in [0.2, 0.25) is 0 Å². The Hall–Kier alpha value is -0.660. The van der Waals surface area contributed by atoms with Crippen molar-refractivity contribution in [2.45, 2.75) is 33.6 Å². The molecule has 66 valence electrons. The predicted molar refractivity (Wildman–Crippen MR) is 44.6 cm³/mol. The molecule has 2 aliphatic carbocycles. The lowest BCUT2D eigenvalue weighted by molar-refractivity contribution is -0.142. The van der Waals surface area contributed by atoms with E-state index in [0.29, 0.717) is 18.0 Å². The molecule has 2 bridgehead atoms. The van der Waals surface area contributed by atoms with Crippen LogP contribution in [0.5, 0.6) is 0 Å². The van der Waals surface area contributed by atoms with E-state index in [1.807, 2.05) is 20.8 Å². The summed E-state index contributed by atoms with van der Waals surface area (Å²) >= 11 is 0. The number of fused-ring (bicyclic) bond motifs is 2. The summed E-state index contributed by atoms with van der Waals surface area (Å²) in [6, 6.07) is 0. The smallest absolute Gasteiger partial charge is 0.145 e. The van der Waals surface area contributed by atoms with Gasteiger partial charge in [-0.1, -0.05) is 20.8 Å². The van der Waals surface area contributed by atoms with Gasteiger partial charge in [-0.05, 0) is 6.42 Å². The van der Waals surface area contributed by atoms with Crippen molar-refractivity contribution in [3.63, 3.8) is 0 Å². The minimum Gasteiger partial charge on any atom is -0.299 e. The molecule has 2 fully saturated rings. The molecule has 0 radical (unpaired) electrons. The molecule has 0 unspecified atom stereocenters. The number of Topliss-reactive ketones (excluding diaryl/α,β-unsaturated/α-hetero) is 2. The molecule has 2 rings (SSSR count).